The maximum absolute atomic E-state index is 12.3. The average Bonchev–Trinajstić information content (AvgIpc) is 3.40. The first-order valence-electron chi connectivity index (χ1n) is 9.00. The first-order valence-corrected chi connectivity index (χ1v) is 11.1. The zero-order chi connectivity index (χ0) is 18.5. The van der Waals surface area contributed by atoms with Crippen LogP contribution in [0.1, 0.15) is 22.1 Å². The van der Waals surface area contributed by atoms with Gasteiger partial charge in [-0.3, -0.25) is 4.79 Å². The molecule has 138 valence electrons. The van der Waals surface area contributed by atoms with Crippen molar-refractivity contribution < 1.29 is 4.79 Å². The molecule has 4 rings (SSSR count). The normalized spacial score (nSPS) is 14.4. The van der Waals surface area contributed by atoms with Crippen molar-refractivity contribution >= 4 is 35.1 Å². The van der Waals surface area contributed by atoms with Crippen LogP contribution in [0, 0.1) is 0 Å². The third kappa shape index (κ3) is 4.76. The van der Waals surface area contributed by atoms with Crippen molar-refractivity contribution in [2.75, 3.05) is 16.8 Å². The van der Waals surface area contributed by atoms with Gasteiger partial charge in [-0.1, -0.05) is 30.3 Å². The smallest absolute Gasteiger partial charge is 0.224 e. The van der Waals surface area contributed by atoms with E-state index in [0.29, 0.717) is 17.4 Å². The number of benzene rings is 2. The number of para-hydroxylation sites is 1. The molecule has 0 spiro atoms. The predicted octanol–water partition coefficient (Wildman–Crippen LogP) is 4.92. The number of hydrogen-bond donors (Lipinski definition) is 1. The fourth-order valence-corrected chi connectivity index (χ4v) is 5.84. The lowest BCUT2D eigenvalue weighted by molar-refractivity contribution is -0.116. The summed E-state index contributed by atoms with van der Waals surface area (Å²) in [5.74, 6) is 2.43. The number of aryl methyl sites for hydroxylation is 1. The zero-order valence-corrected chi connectivity index (χ0v) is 16.5. The van der Waals surface area contributed by atoms with Gasteiger partial charge < -0.3 is 5.32 Å². The zero-order valence-electron chi connectivity index (χ0n) is 14.9. The van der Waals surface area contributed by atoms with Gasteiger partial charge in [0.05, 0.1) is 16.5 Å². The van der Waals surface area contributed by atoms with E-state index in [1.54, 1.807) is 0 Å². The highest BCUT2D eigenvalue weighted by Gasteiger charge is 2.18. The Labute approximate surface area is 167 Å². The van der Waals surface area contributed by atoms with Crippen molar-refractivity contribution in [3.05, 3.63) is 78.1 Å². The number of thioether (sulfide) groups is 2. The lowest BCUT2D eigenvalue weighted by Crippen LogP contribution is -2.12. The Bertz CT molecular complexity index is 905. The number of carbonyl (C=O) groups is 1. The second kappa shape index (κ2) is 8.67. The molecular formula is C21H21N3OS2. The van der Waals surface area contributed by atoms with Gasteiger partial charge in [-0.2, -0.15) is 5.10 Å². The van der Waals surface area contributed by atoms with Gasteiger partial charge in [-0.15, -0.1) is 23.5 Å². The predicted molar refractivity (Wildman–Crippen MR) is 115 cm³/mol. The number of nitrogens with one attached hydrogen (secondary N) is 1. The Hall–Kier alpha value is -2.18. The first-order chi connectivity index (χ1) is 13.3. The highest BCUT2D eigenvalue weighted by molar-refractivity contribution is 8.19. The topological polar surface area (TPSA) is 46.9 Å². The quantitative estimate of drug-likeness (QED) is 0.643. The largest absolute Gasteiger partial charge is 0.326 e. The molecule has 1 aliphatic rings. The van der Waals surface area contributed by atoms with Gasteiger partial charge >= 0.3 is 0 Å². The first kappa shape index (κ1) is 18.2. The van der Waals surface area contributed by atoms with Crippen molar-refractivity contribution in [1.29, 1.82) is 0 Å². The van der Waals surface area contributed by atoms with E-state index < -0.39 is 0 Å². The minimum Gasteiger partial charge on any atom is -0.326 e. The van der Waals surface area contributed by atoms with Crippen LogP contribution in [0.25, 0.3) is 5.69 Å². The van der Waals surface area contributed by atoms with Crippen LogP contribution < -0.4 is 5.32 Å². The molecule has 1 aromatic heterocycles. The number of nitrogens with zero attached hydrogens (tertiary/aromatic N) is 2. The van der Waals surface area contributed by atoms with E-state index in [1.807, 2.05) is 83.1 Å². The van der Waals surface area contributed by atoms with Crippen LogP contribution in [0.3, 0.4) is 0 Å². The summed E-state index contributed by atoms with van der Waals surface area (Å²) in [6, 6.07) is 18.2. The van der Waals surface area contributed by atoms with Gasteiger partial charge in [0, 0.05) is 29.8 Å². The van der Waals surface area contributed by atoms with Crippen LogP contribution in [-0.2, 0) is 11.2 Å². The third-order valence-electron chi connectivity index (χ3n) is 4.36. The molecule has 1 N–H and O–H groups in total. The molecule has 1 fully saturated rings. The minimum absolute atomic E-state index is 0.0336. The van der Waals surface area contributed by atoms with Crippen molar-refractivity contribution in [1.82, 2.24) is 9.78 Å². The van der Waals surface area contributed by atoms with Crippen LogP contribution >= 0.6 is 23.5 Å². The standard InChI is InChI=1S/C21H21N3OS2/c25-20(23-18-6-4-5-17(13-18)21-26-11-12-27-21)10-9-16-14-22-24(15-16)19-7-2-1-3-8-19/h1-8,13-15,21H,9-12H2,(H,23,25). The van der Waals surface area contributed by atoms with Crippen LogP contribution in [0.2, 0.25) is 0 Å². The van der Waals surface area contributed by atoms with Crippen molar-refractivity contribution in [3.63, 3.8) is 0 Å². The summed E-state index contributed by atoms with van der Waals surface area (Å²) < 4.78 is 2.33. The lowest BCUT2D eigenvalue weighted by Gasteiger charge is -2.11. The molecule has 6 heteroatoms. The number of carbonyl (C=O) groups excluding carboxylic acids is 1. The van der Waals surface area contributed by atoms with Gasteiger partial charge in [0.2, 0.25) is 5.91 Å². The van der Waals surface area contributed by atoms with Crippen LogP contribution in [0.15, 0.2) is 67.0 Å². The number of anilines is 1. The number of rotatable bonds is 6. The van der Waals surface area contributed by atoms with E-state index in [-0.39, 0.29) is 5.91 Å². The summed E-state index contributed by atoms with van der Waals surface area (Å²) >= 11 is 3.94. The summed E-state index contributed by atoms with van der Waals surface area (Å²) in [5, 5.41) is 7.41. The molecule has 27 heavy (non-hydrogen) atoms. The molecule has 0 atom stereocenters. The maximum atomic E-state index is 12.3. The van der Waals surface area contributed by atoms with E-state index in [1.165, 1.54) is 17.1 Å². The molecule has 0 saturated carbocycles. The fourth-order valence-electron chi connectivity index (χ4n) is 3.01. The second-order valence-electron chi connectivity index (χ2n) is 6.38. The second-order valence-corrected chi connectivity index (χ2v) is 9.10. The van der Waals surface area contributed by atoms with Gasteiger partial charge in [0.15, 0.2) is 0 Å². The van der Waals surface area contributed by atoms with Crippen molar-refractivity contribution in [2.24, 2.45) is 0 Å². The summed E-state index contributed by atoms with van der Waals surface area (Å²) in [5.41, 5.74) is 4.24. The molecular weight excluding hydrogens is 374 g/mol. The molecule has 0 unspecified atom stereocenters. The summed E-state index contributed by atoms with van der Waals surface area (Å²) in [6.45, 7) is 0. The summed E-state index contributed by atoms with van der Waals surface area (Å²) in [4.78, 5) is 12.3. The highest BCUT2D eigenvalue weighted by Crippen LogP contribution is 2.45. The Morgan fingerprint density at radius 3 is 2.74 bits per heavy atom. The minimum atomic E-state index is 0.0336. The van der Waals surface area contributed by atoms with Gasteiger partial charge in [0.1, 0.15) is 0 Å². The van der Waals surface area contributed by atoms with E-state index in [4.69, 9.17) is 0 Å². The Morgan fingerprint density at radius 1 is 1.11 bits per heavy atom. The Kier molecular flexibility index (Phi) is 5.84. The van der Waals surface area contributed by atoms with Crippen molar-refractivity contribution in [3.8, 4) is 5.69 Å². The van der Waals surface area contributed by atoms with Crippen molar-refractivity contribution in [2.45, 2.75) is 17.4 Å². The van der Waals surface area contributed by atoms with E-state index in [2.05, 4.69) is 22.5 Å². The van der Waals surface area contributed by atoms with E-state index in [0.717, 1.165) is 16.9 Å². The van der Waals surface area contributed by atoms with Crippen LogP contribution in [-0.4, -0.2) is 27.2 Å². The van der Waals surface area contributed by atoms with Gasteiger partial charge in [0.25, 0.3) is 0 Å². The lowest BCUT2D eigenvalue weighted by atomic mass is 10.2. The molecule has 2 heterocycles. The third-order valence-corrected chi connectivity index (χ3v) is 7.47. The molecule has 0 aliphatic carbocycles. The summed E-state index contributed by atoms with van der Waals surface area (Å²) in [6.07, 6.45) is 4.93. The maximum Gasteiger partial charge on any atom is 0.224 e. The Morgan fingerprint density at radius 2 is 1.93 bits per heavy atom. The van der Waals surface area contributed by atoms with E-state index in [9.17, 15) is 4.79 Å². The van der Waals surface area contributed by atoms with E-state index >= 15 is 0 Å². The van der Waals surface area contributed by atoms with Gasteiger partial charge in [-0.05, 0) is 41.8 Å². The summed E-state index contributed by atoms with van der Waals surface area (Å²) in [7, 11) is 0. The molecule has 4 nitrogen and oxygen atoms in total. The molecule has 3 aromatic rings. The average molecular weight is 396 g/mol. The fraction of sp³-hybridized carbons (Fsp3) is 0.238. The number of hydrogen-bond acceptors (Lipinski definition) is 4. The number of aromatic nitrogens is 2. The molecule has 2 aromatic carbocycles. The number of amides is 1. The highest BCUT2D eigenvalue weighted by atomic mass is 32.2. The van der Waals surface area contributed by atoms with Crippen LogP contribution in [0.5, 0.6) is 0 Å². The molecule has 0 bridgehead atoms. The monoisotopic (exact) mass is 395 g/mol. The van der Waals surface area contributed by atoms with Gasteiger partial charge in [-0.25, -0.2) is 4.68 Å². The molecule has 0 radical (unpaired) electrons. The molecule has 1 aliphatic heterocycles. The van der Waals surface area contributed by atoms with Crippen LogP contribution in [0.4, 0.5) is 5.69 Å². The molecule has 1 amide bonds. The SMILES string of the molecule is O=C(CCc1cnn(-c2ccccc2)c1)Nc1cccc(C2SCCS2)c1. The molecule has 1 saturated heterocycles. The Balaban J connectivity index is 1.32.